The van der Waals surface area contributed by atoms with Crippen LogP contribution in [0.3, 0.4) is 0 Å². The van der Waals surface area contributed by atoms with E-state index < -0.39 is 10.0 Å². The number of rotatable bonds is 3. The minimum Gasteiger partial charge on any atom is -0.379 e. The summed E-state index contributed by atoms with van der Waals surface area (Å²) < 4.78 is 33.0. The summed E-state index contributed by atoms with van der Waals surface area (Å²) in [6.07, 6.45) is 0. The average molecular weight is 372 g/mol. The predicted octanol–water partition coefficient (Wildman–Crippen LogP) is 1.14. The maximum Gasteiger partial charge on any atom is 0.280 e. The van der Waals surface area contributed by atoms with E-state index in [4.69, 9.17) is 4.74 Å². The maximum absolute atomic E-state index is 12.7. The summed E-state index contributed by atoms with van der Waals surface area (Å²) >= 11 is 0. The zero-order valence-corrected chi connectivity index (χ0v) is 14.6. The normalized spacial score (nSPS) is 16.0. The lowest BCUT2D eigenvalue weighted by atomic mass is 10.2. The quantitative estimate of drug-likeness (QED) is 0.684. The molecule has 4 rings (SSSR count). The van der Waals surface area contributed by atoms with Crippen LogP contribution in [0.25, 0.3) is 11.0 Å². The molecule has 0 amide bonds. The van der Waals surface area contributed by atoms with Crippen LogP contribution in [-0.2, 0) is 14.8 Å². The van der Waals surface area contributed by atoms with Gasteiger partial charge in [0, 0.05) is 18.7 Å². The summed E-state index contributed by atoms with van der Waals surface area (Å²) in [4.78, 5) is 12.8. The monoisotopic (exact) mass is 372 g/mol. The second kappa shape index (κ2) is 6.60. The number of aromatic nitrogens is 3. The molecule has 1 saturated heterocycles. The van der Waals surface area contributed by atoms with Crippen molar-refractivity contribution in [2.75, 3.05) is 26.3 Å². The van der Waals surface area contributed by atoms with Gasteiger partial charge in [0.1, 0.15) is 5.52 Å². The second-order valence-corrected chi connectivity index (χ2v) is 7.77. The topological polar surface area (TPSA) is 94.4 Å². The zero-order valence-electron chi connectivity index (χ0n) is 13.8. The van der Waals surface area contributed by atoms with Crippen molar-refractivity contribution in [2.45, 2.75) is 4.90 Å². The largest absolute Gasteiger partial charge is 0.379 e. The Hall–Kier alpha value is -2.62. The smallest absolute Gasteiger partial charge is 0.280 e. The van der Waals surface area contributed by atoms with Gasteiger partial charge in [-0.25, -0.2) is 8.42 Å². The number of nitrogens with zero attached hydrogens (tertiary/aromatic N) is 4. The van der Waals surface area contributed by atoms with E-state index in [1.807, 2.05) is 6.07 Å². The molecule has 0 unspecified atom stereocenters. The van der Waals surface area contributed by atoms with Gasteiger partial charge >= 0.3 is 0 Å². The number of carbonyl (C=O) groups excluding carboxylic acids is 1. The van der Waals surface area contributed by atoms with E-state index in [0.717, 1.165) is 0 Å². The van der Waals surface area contributed by atoms with Crippen molar-refractivity contribution >= 4 is 27.0 Å². The molecule has 1 fully saturated rings. The van der Waals surface area contributed by atoms with E-state index in [9.17, 15) is 13.2 Å². The Morgan fingerprint density at radius 3 is 2.42 bits per heavy atom. The van der Waals surface area contributed by atoms with Crippen LogP contribution < -0.4 is 0 Å². The van der Waals surface area contributed by atoms with Crippen molar-refractivity contribution in [3.05, 3.63) is 54.1 Å². The van der Waals surface area contributed by atoms with Crippen LogP contribution >= 0.6 is 0 Å². The summed E-state index contributed by atoms with van der Waals surface area (Å²) in [5.41, 5.74) is 1.55. The Bertz CT molecular complexity index is 1050. The number of ether oxygens (including phenoxy) is 1. The Labute approximate surface area is 150 Å². The van der Waals surface area contributed by atoms with Gasteiger partial charge in [0.2, 0.25) is 10.0 Å². The highest BCUT2D eigenvalue weighted by Gasteiger charge is 2.26. The molecular formula is C17H16N4O4S. The van der Waals surface area contributed by atoms with Crippen LogP contribution in [0.15, 0.2) is 53.4 Å². The van der Waals surface area contributed by atoms with Gasteiger partial charge in [-0.1, -0.05) is 17.3 Å². The highest BCUT2D eigenvalue weighted by Crippen LogP contribution is 2.19. The van der Waals surface area contributed by atoms with Gasteiger partial charge in [-0.3, -0.25) is 4.79 Å². The molecule has 134 valence electrons. The second-order valence-electron chi connectivity index (χ2n) is 5.84. The molecule has 26 heavy (non-hydrogen) atoms. The molecule has 3 aromatic rings. The Balaban J connectivity index is 1.62. The van der Waals surface area contributed by atoms with Crippen molar-refractivity contribution < 1.29 is 17.9 Å². The SMILES string of the molecule is O=C(c1ccc(S(=O)(=O)N2CCOCC2)cc1)n1nnc2ccccc21. The summed E-state index contributed by atoms with van der Waals surface area (Å²) in [6, 6.07) is 13.0. The van der Waals surface area contributed by atoms with Gasteiger partial charge < -0.3 is 4.74 Å². The lowest BCUT2D eigenvalue weighted by Gasteiger charge is -2.26. The lowest BCUT2D eigenvalue weighted by Crippen LogP contribution is -2.40. The van der Waals surface area contributed by atoms with Gasteiger partial charge in [0.25, 0.3) is 5.91 Å². The van der Waals surface area contributed by atoms with Crippen molar-refractivity contribution in [3.63, 3.8) is 0 Å². The van der Waals surface area contributed by atoms with Crippen LogP contribution in [0.4, 0.5) is 0 Å². The first kappa shape index (κ1) is 16.8. The van der Waals surface area contributed by atoms with E-state index >= 15 is 0 Å². The zero-order chi connectivity index (χ0) is 18.1. The van der Waals surface area contributed by atoms with Crippen LogP contribution in [0, 0.1) is 0 Å². The summed E-state index contributed by atoms with van der Waals surface area (Å²) in [5, 5.41) is 7.85. The van der Waals surface area contributed by atoms with E-state index in [2.05, 4.69) is 10.3 Å². The molecule has 9 heteroatoms. The number of hydrogen-bond acceptors (Lipinski definition) is 6. The number of fused-ring (bicyclic) bond motifs is 1. The first-order chi connectivity index (χ1) is 12.6. The molecule has 1 aromatic heterocycles. The van der Waals surface area contributed by atoms with Crippen molar-refractivity contribution in [2.24, 2.45) is 0 Å². The predicted molar refractivity (Wildman–Crippen MR) is 93.3 cm³/mol. The lowest BCUT2D eigenvalue weighted by molar-refractivity contribution is 0.0730. The van der Waals surface area contributed by atoms with Gasteiger partial charge in [-0.15, -0.1) is 5.10 Å². The molecule has 1 aliphatic rings. The Morgan fingerprint density at radius 1 is 1.00 bits per heavy atom. The fraction of sp³-hybridized carbons (Fsp3) is 0.235. The number of carbonyl (C=O) groups is 1. The van der Waals surface area contributed by atoms with Crippen molar-refractivity contribution in [1.82, 2.24) is 19.3 Å². The first-order valence-corrected chi connectivity index (χ1v) is 9.54. The molecule has 0 spiro atoms. The minimum absolute atomic E-state index is 0.152. The number of morpholine rings is 1. The van der Waals surface area contributed by atoms with E-state index in [-0.39, 0.29) is 10.8 Å². The number of sulfonamides is 1. The van der Waals surface area contributed by atoms with Gasteiger partial charge in [-0.2, -0.15) is 8.99 Å². The van der Waals surface area contributed by atoms with Crippen molar-refractivity contribution in [1.29, 1.82) is 0 Å². The number of hydrogen-bond donors (Lipinski definition) is 0. The summed E-state index contributed by atoms with van der Waals surface area (Å²) in [7, 11) is -3.59. The van der Waals surface area contributed by atoms with Crippen molar-refractivity contribution in [3.8, 4) is 0 Å². The fourth-order valence-corrected chi connectivity index (χ4v) is 4.25. The fourth-order valence-electron chi connectivity index (χ4n) is 2.85. The molecule has 0 saturated carbocycles. The van der Waals surface area contributed by atoms with Gasteiger partial charge in [0.05, 0.1) is 23.6 Å². The number of benzene rings is 2. The molecule has 0 radical (unpaired) electrons. The molecule has 1 aliphatic heterocycles. The molecule has 0 aliphatic carbocycles. The Kier molecular flexibility index (Phi) is 4.27. The van der Waals surface area contributed by atoms with Crippen LogP contribution in [0.5, 0.6) is 0 Å². The third kappa shape index (κ3) is 2.90. The highest BCUT2D eigenvalue weighted by molar-refractivity contribution is 7.89. The molecule has 0 N–H and O–H groups in total. The average Bonchev–Trinajstić information content (AvgIpc) is 3.12. The first-order valence-electron chi connectivity index (χ1n) is 8.10. The molecule has 8 nitrogen and oxygen atoms in total. The summed E-state index contributed by atoms with van der Waals surface area (Å²) in [6.45, 7) is 1.42. The van der Waals surface area contributed by atoms with Crippen LogP contribution in [0.2, 0.25) is 0 Å². The van der Waals surface area contributed by atoms with Gasteiger partial charge in [-0.05, 0) is 36.4 Å². The van der Waals surface area contributed by atoms with Crippen LogP contribution in [-0.4, -0.2) is 59.9 Å². The molecule has 2 aromatic carbocycles. The number of para-hydroxylation sites is 1. The molecule has 2 heterocycles. The third-order valence-electron chi connectivity index (χ3n) is 4.25. The molecular weight excluding hydrogens is 356 g/mol. The van der Waals surface area contributed by atoms with E-state index in [1.54, 1.807) is 18.2 Å². The third-order valence-corrected chi connectivity index (χ3v) is 6.17. The van der Waals surface area contributed by atoms with Gasteiger partial charge in [0.15, 0.2) is 0 Å². The van der Waals surface area contributed by atoms with E-state index in [1.165, 1.54) is 33.3 Å². The highest BCUT2D eigenvalue weighted by atomic mass is 32.2. The molecule has 0 bridgehead atoms. The van der Waals surface area contributed by atoms with Crippen LogP contribution in [0.1, 0.15) is 10.4 Å². The summed E-state index contributed by atoms with van der Waals surface area (Å²) in [5.74, 6) is -0.367. The maximum atomic E-state index is 12.7. The molecule has 0 atom stereocenters. The Morgan fingerprint density at radius 2 is 1.69 bits per heavy atom. The minimum atomic E-state index is -3.59. The standard InChI is InChI=1S/C17H16N4O4S/c22-17(21-16-4-2-1-3-15(16)18-19-21)13-5-7-14(8-6-13)26(23,24)20-9-11-25-12-10-20/h1-8H,9-12H2. The van der Waals surface area contributed by atoms with E-state index in [0.29, 0.717) is 42.9 Å².